The summed E-state index contributed by atoms with van der Waals surface area (Å²) in [6.07, 6.45) is 2.98. The Morgan fingerprint density at radius 1 is 0.923 bits per heavy atom. The van der Waals surface area contributed by atoms with E-state index < -0.39 is 8.32 Å². The van der Waals surface area contributed by atoms with Crippen LogP contribution in [0, 0.1) is 0 Å². The van der Waals surface area contributed by atoms with Crippen molar-refractivity contribution < 1.29 is 14.3 Å². The zero-order chi connectivity index (χ0) is 18.8. The van der Waals surface area contributed by atoms with E-state index in [0.717, 1.165) is 6.42 Å². The van der Waals surface area contributed by atoms with Crippen LogP contribution in [-0.2, 0) is 9.36 Å². The van der Waals surface area contributed by atoms with Gasteiger partial charge in [-0.3, -0.25) is 0 Å². The molecule has 1 aliphatic heterocycles. The average molecular weight is 369 g/mol. The zero-order valence-electron chi connectivity index (χ0n) is 16.5. The molecular weight excluding hydrogens is 338 g/mol. The molecule has 0 aliphatic carbocycles. The van der Waals surface area contributed by atoms with Gasteiger partial charge in [0.1, 0.15) is 0 Å². The van der Waals surface area contributed by atoms with Gasteiger partial charge in [0.2, 0.25) is 6.10 Å². The molecule has 2 aromatic carbocycles. The summed E-state index contributed by atoms with van der Waals surface area (Å²) in [5.41, 5.74) is 2.48. The average Bonchev–Trinajstić information content (AvgIpc) is 2.61. The molecule has 2 atom stereocenters. The summed E-state index contributed by atoms with van der Waals surface area (Å²) in [6.45, 7) is 11.2. The second-order valence-electron chi connectivity index (χ2n) is 8.54. The Morgan fingerprint density at radius 2 is 1.46 bits per heavy atom. The van der Waals surface area contributed by atoms with Crippen molar-refractivity contribution in [2.75, 3.05) is 0 Å². The second kappa shape index (κ2) is 7.27. The van der Waals surface area contributed by atoms with Gasteiger partial charge >= 0.3 is 8.32 Å². The van der Waals surface area contributed by atoms with Crippen LogP contribution in [0.3, 0.4) is 0 Å². The standard InChI is InChI=1S/C22H30NO2Si/c1-22(2,3)26(4,5)25-23-17-20(18-12-8-6-9-13-18)16-21(24-23)19-14-10-7-11-15-19/h6-15,17,20-21H,16H2,1-5H3/q+1/t20-,21-/m0/s1. The molecule has 0 amide bonds. The normalized spacial score (nSPS) is 20.9. The summed E-state index contributed by atoms with van der Waals surface area (Å²) in [6, 6.07) is 21.0. The first-order valence-corrected chi connectivity index (χ1v) is 12.3. The van der Waals surface area contributed by atoms with Crippen molar-refractivity contribution in [3.05, 3.63) is 71.8 Å². The summed E-state index contributed by atoms with van der Waals surface area (Å²) in [5, 5.41) is 0.117. The van der Waals surface area contributed by atoms with Gasteiger partial charge in [-0.15, -0.1) is 0 Å². The smallest absolute Gasteiger partial charge is 0.305 e. The predicted molar refractivity (Wildman–Crippen MR) is 109 cm³/mol. The highest BCUT2D eigenvalue weighted by Crippen LogP contribution is 2.39. The van der Waals surface area contributed by atoms with E-state index in [1.165, 1.54) is 11.1 Å². The van der Waals surface area contributed by atoms with Crippen LogP contribution in [0.25, 0.3) is 0 Å². The number of hydrogen-bond donors (Lipinski definition) is 0. The predicted octanol–water partition coefficient (Wildman–Crippen LogP) is 5.87. The van der Waals surface area contributed by atoms with Gasteiger partial charge in [-0.25, -0.2) is 4.84 Å². The lowest BCUT2D eigenvalue weighted by atomic mass is 9.91. The lowest BCUT2D eigenvalue weighted by Crippen LogP contribution is -2.45. The Bertz CT molecular complexity index is 751. The molecule has 1 heterocycles. The molecule has 0 saturated carbocycles. The van der Waals surface area contributed by atoms with Gasteiger partial charge in [-0.05, 0) is 29.3 Å². The maximum absolute atomic E-state index is 6.44. The highest BCUT2D eigenvalue weighted by Gasteiger charge is 2.47. The monoisotopic (exact) mass is 368 g/mol. The van der Waals surface area contributed by atoms with Crippen LogP contribution in [0.1, 0.15) is 50.3 Å². The lowest BCUT2D eigenvalue weighted by molar-refractivity contribution is -0.955. The van der Waals surface area contributed by atoms with Crippen molar-refractivity contribution in [1.82, 2.24) is 0 Å². The van der Waals surface area contributed by atoms with Crippen molar-refractivity contribution >= 4 is 14.5 Å². The first-order valence-electron chi connectivity index (χ1n) is 9.36. The summed E-state index contributed by atoms with van der Waals surface area (Å²) in [7, 11) is -1.98. The van der Waals surface area contributed by atoms with E-state index in [2.05, 4.69) is 94.7 Å². The molecule has 3 nitrogen and oxygen atoms in total. The maximum Gasteiger partial charge on any atom is 0.351 e. The fourth-order valence-electron chi connectivity index (χ4n) is 2.84. The SMILES string of the molecule is CC(C)(C)[Si](C)(C)O[N+]1=C[C@@H](c2ccccc2)C[C@@H](c2ccccc2)O1. The van der Waals surface area contributed by atoms with E-state index in [1.54, 1.807) is 4.90 Å². The molecule has 0 aromatic heterocycles. The minimum absolute atomic E-state index is 0.0174. The van der Waals surface area contributed by atoms with E-state index in [0.29, 0.717) is 0 Å². The Labute approximate surface area is 158 Å². The third-order valence-corrected chi connectivity index (χ3v) is 9.77. The van der Waals surface area contributed by atoms with Crippen molar-refractivity contribution in [2.24, 2.45) is 0 Å². The highest BCUT2D eigenvalue weighted by molar-refractivity contribution is 6.73. The van der Waals surface area contributed by atoms with Crippen molar-refractivity contribution in [1.29, 1.82) is 0 Å². The van der Waals surface area contributed by atoms with Crippen LogP contribution in [0.2, 0.25) is 18.1 Å². The molecule has 2 aromatic rings. The molecule has 0 N–H and O–H groups in total. The van der Waals surface area contributed by atoms with Crippen LogP contribution in [0.4, 0.5) is 0 Å². The lowest BCUT2D eigenvalue weighted by Gasteiger charge is -2.32. The summed E-state index contributed by atoms with van der Waals surface area (Å²) in [4.78, 5) is 7.91. The summed E-state index contributed by atoms with van der Waals surface area (Å²) >= 11 is 0. The van der Waals surface area contributed by atoms with Crippen LogP contribution in [0.5, 0.6) is 0 Å². The molecule has 0 fully saturated rings. The molecule has 0 radical (unpaired) electrons. The molecule has 138 valence electrons. The first-order chi connectivity index (χ1) is 12.3. The summed E-state index contributed by atoms with van der Waals surface area (Å²) in [5.74, 6) is 0.264. The quantitative estimate of drug-likeness (QED) is 0.630. The largest absolute Gasteiger partial charge is 0.351 e. The maximum atomic E-state index is 6.44. The molecular formula is C22H30NO2Si+. The molecule has 4 heteroatoms. The third-order valence-electron chi connectivity index (χ3n) is 5.52. The van der Waals surface area contributed by atoms with Crippen LogP contribution in [-0.4, -0.2) is 19.4 Å². The van der Waals surface area contributed by atoms with Gasteiger partial charge < -0.3 is 4.53 Å². The van der Waals surface area contributed by atoms with E-state index in [4.69, 9.17) is 9.36 Å². The van der Waals surface area contributed by atoms with E-state index in [9.17, 15) is 0 Å². The molecule has 0 spiro atoms. The zero-order valence-corrected chi connectivity index (χ0v) is 17.5. The summed E-state index contributed by atoms with van der Waals surface area (Å²) < 4.78 is 6.44. The molecule has 26 heavy (non-hydrogen) atoms. The van der Waals surface area contributed by atoms with Gasteiger partial charge in [-0.1, -0.05) is 81.4 Å². The fraction of sp³-hybridized carbons (Fsp3) is 0.409. The van der Waals surface area contributed by atoms with Crippen LogP contribution in [0.15, 0.2) is 60.7 Å². The van der Waals surface area contributed by atoms with Gasteiger partial charge in [0, 0.05) is 6.42 Å². The minimum Gasteiger partial charge on any atom is -0.305 e. The Morgan fingerprint density at radius 3 is 2.00 bits per heavy atom. The molecule has 3 rings (SSSR count). The van der Waals surface area contributed by atoms with Crippen LogP contribution < -0.4 is 0 Å². The Kier molecular flexibility index (Phi) is 5.23. The number of nitrogens with zero attached hydrogens (tertiary/aromatic N) is 1. The van der Waals surface area contributed by atoms with E-state index in [-0.39, 0.29) is 17.1 Å². The molecule has 0 saturated heterocycles. The van der Waals surface area contributed by atoms with E-state index >= 15 is 0 Å². The highest BCUT2D eigenvalue weighted by atomic mass is 28.4. The Balaban J connectivity index is 1.92. The van der Waals surface area contributed by atoms with Crippen molar-refractivity contribution in [3.8, 4) is 0 Å². The second-order valence-corrected chi connectivity index (χ2v) is 13.2. The fourth-order valence-corrected chi connectivity index (χ4v) is 3.67. The number of hydrogen-bond acceptors (Lipinski definition) is 2. The Hall–Kier alpha value is -2.07. The molecule has 1 aliphatic rings. The van der Waals surface area contributed by atoms with Gasteiger partial charge in [-0.2, -0.15) is 0 Å². The molecule has 0 bridgehead atoms. The number of rotatable bonds is 4. The first kappa shape index (κ1) is 18.7. The minimum atomic E-state index is -1.98. The third kappa shape index (κ3) is 4.18. The van der Waals surface area contributed by atoms with Crippen LogP contribution >= 0.6 is 0 Å². The van der Waals surface area contributed by atoms with Crippen molar-refractivity contribution in [3.63, 3.8) is 0 Å². The van der Waals surface area contributed by atoms with Gasteiger partial charge in [0.05, 0.1) is 5.92 Å². The van der Waals surface area contributed by atoms with Crippen molar-refractivity contribution in [2.45, 2.75) is 57.3 Å². The van der Waals surface area contributed by atoms with Gasteiger partial charge in [0.15, 0.2) is 4.90 Å². The molecule has 0 unspecified atom stereocenters. The topological polar surface area (TPSA) is 21.5 Å². The number of benzene rings is 2. The van der Waals surface area contributed by atoms with Gasteiger partial charge in [0.25, 0.3) is 6.21 Å². The van der Waals surface area contributed by atoms with E-state index in [1.807, 2.05) is 6.07 Å².